The Bertz CT molecular complexity index is 1820. The largest absolute Gasteiger partial charge is 0.481 e. The van der Waals surface area contributed by atoms with E-state index < -0.39 is 60.1 Å². The maximum Gasteiger partial charge on any atom is 0.410 e. The van der Waals surface area contributed by atoms with Crippen molar-refractivity contribution in [2.45, 2.75) is 130 Å². The molecule has 1 fully saturated rings. The van der Waals surface area contributed by atoms with Crippen LogP contribution in [0.4, 0.5) is 10.5 Å². The number of amides is 3. The van der Waals surface area contributed by atoms with Crippen molar-refractivity contribution in [3.05, 3.63) is 65.7 Å². The number of hydrogen-bond acceptors (Lipinski definition) is 10. The first-order valence-corrected chi connectivity index (χ1v) is 22.9. The highest BCUT2D eigenvalue weighted by molar-refractivity contribution is 5.92. The summed E-state index contributed by atoms with van der Waals surface area (Å²) in [6.07, 6.45) is -0.0698. The molecule has 2 aromatic carbocycles. The van der Waals surface area contributed by atoms with Gasteiger partial charge in [-0.1, -0.05) is 97.4 Å². The lowest BCUT2D eigenvalue weighted by Crippen LogP contribution is -2.54. The summed E-state index contributed by atoms with van der Waals surface area (Å²) in [7, 11) is 8.12. The Kier molecular flexibility index (Phi) is 21.4. The molecule has 4 unspecified atom stereocenters. The highest BCUT2D eigenvalue weighted by Crippen LogP contribution is 2.32. The predicted molar refractivity (Wildman–Crippen MR) is 248 cm³/mol. The quantitative estimate of drug-likeness (QED) is 0.0966. The highest BCUT2D eigenvalue weighted by Gasteiger charge is 2.44. The summed E-state index contributed by atoms with van der Waals surface area (Å²) in [5, 5.41) is 13.0. The fraction of sp³-hybridized carbons (Fsp3) is 0.640. The second-order valence-electron chi connectivity index (χ2n) is 18.3. The normalized spacial score (nSPS) is 17.7. The molecule has 3 rings (SSSR count). The zero-order chi connectivity index (χ0) is 47.8. The van der Waals surface area contributed by atoms with Crippen LogP contribution >= 0.6 is 0 Å². The minimum absolute atomic E-state index is 0.0379. The number of likely N-dealkylation sites (N-methyl/N-ethyl adjacent to an activating group) is 2. The number of Topliss-reactive ketones (excluding diaryl/α,β-unsaturated/α-hetero) is 2. The summed E-state index contributed by atoms with van der Waals surface area (Å²) in [4.78, 5) is 87.0. The summed E-state index contributed by atoms with van der Waals surface area (Å²) >= 11 is 0. The maximum atomic E-state index is 14.6. The van der Waals surface area contributed by atoms with Crippen molar-refractivity contribution in [3.63, 3.8) is 0 Å². The molecule has 0 aliphatic carbocycles. The number of carboxylic acid groups (broad SMARTS) is 1. The molecular weight excluding hydrogens is 817 g/mol. The Morgan fingerprint density at radius 3 is 1.98 bits per heavy atom. The lowest BCUT2D eigenvalue weighted by molar-refractivity contribution is -0.149. The standard InChI is InChI=1S/C50H76N4O10/c1-13-33(6)46(52(9)48(58)39(31(2)3)28-42(56)45(32(4)5)53(10)50(61)64-30-36-21-23-38(51-8)24-22-36)43(62-11)29-44(57)54-25-17-20-40(54)47(63-12)34(7)41(55)27-37(49(59)60)26-35-18-15-14-16-19-35/h14-16,18-19,21-24,31-34,37,39-40,43,45-47,51H,13,17,20,25-30H2,1-12H3,(H,59,60)/t33-,34-,37?,39?,40?,43?,45-,46-,47+/m0/s1. The molecule has 3 amide bonds. The van der Waals surface area contributed by atoms with Crippen molar-refractivity contribution in [1.82, 2.24) is 14.7 Å². The summed E-state index contributed by atoms with van der Waals surface area (Å²) in [5.74, 6) is -4.84. The van der Waals surface area contributed by atoms with Crippen LogP contribution in [-0.4, -0.2) is 127 Å². The van der Waals surface area contributed by atoms with Crippen LogP contribution in [0.25, 0.3) is 0 Å². The smallest absolute Gasteiger partial charge is 0.410 e. The van der Waals surface area contributed by atoms with Crippen molar-refractivity contribution < 1.29 is 48.1 Å². The van der Waals surface area contributed by atoms with Crippen LogP contribution < -0.4 is 5.32 Å². The predicted octanol–water partition coefficient (Wildman–Crippen LogP) is 7.38. The Morgan fingerprint density at radius 2 is 1.45 bits per heavy atom. The lowest BCUT2D eigenvalue weighted by atomic mass is 9.83. The molecule has 1 aliphatic heterocycles. The van der Waals surface area contributed by atoms with Gasteiger partial charge in [0, 0.05) is 72.3 Å². The third-order valence-corrected chi connectivity index (χ3v) is 13.3. The number of aliphatic carboxylic acids is 1. The van der Waals surface area contributed by atoms with E-state index in [4.69, 9.17) is 14.2 Å². The number of benzene rings is 2. The molecule has 1 heterocycles. The Morgan fingerprint density at radius 1 is 0.812 bits per heavy atom. The van der Waals surface area contributed by atoms with E-state index in [9.17, 15) is 33.9 Å². The van der Waals surface area contributed by atoms with Crippen molar-refractivity contribution in [2.24, 2.45) is 35.5 Å². The van der Waals surface area contributed by atoms with Crippen molar-refractivity contribution >= 4 is 41.1 Å². The molecule has 9 atom stereocenters. The fourth-order valence-electron chi connectivity index (χ4n) is 9.28. The molecule has 0 radical (unpaired) electrons. The van der Waals surface area contributed by atoms with Gasteiger partial charge in [-0.05, 0) is 60.3 Å². The van der Waals surface area contributed by atoms with Crippen molar-refractivity contribution in [1.29, 1.82) is 0 Å². The molecule has 356 valence electrons. The fourth-order valence-corrected chi connectivity index (χ4v) is 9.28. The van der Waals surface area contributed by atoms with Crippen molar-refractivity contribution in [3.8, 4) is 0 Å². The molecule has 0 aromatic heterocycles. The molecule has 14 nitrogen and oxygen atoms in total. The van der Waals surface area contributed by atoms with Crippen LogP contribution in [0, 0.1) is 35.5 Å². The number of rotatable bonds is 26. The van der Waals surface area contributed by atoms with Gasteiger partial charge in [0.05, 0.1) is 42.7 Å². The Labute approximate surface area is 381 Å². The second-order valence-corrected chi connectivity index (χ2v) is 18.3. The molecule has 14 heteroatoms. The SMILES string of the molecule is CC[C@H](C)[C@@H](C(CC(=O)N1CCCC1[C@H](OC)[C@@H](C)C(=O)CC(Cc1ccccc1)C(=O)O)OC)N(C)C(=O)C(CC(=O)[C@H](C(C)C)N(C)C(=O)OCc1ccc(NC)cc1)C(C)C. The van der Waals surface area contributed by atoms with Crippen LogP contribution in [0.2, 0.25) is 0 Å². The van der Waals surface area contributed by atoms with Gasteiger partial charge in [-0.15, -0.1) is 0 Å². The minimum Gasteiger partial charge on any atom is -0.481 e. The molecular formula is C50H76N4O10. The number of carboxylic acids is 1. The third-order valence-electron chi connectivity index (χ3n) is 13.3. The number of methoxy groups -OCH3 is 2. The number of ketones is 2. The third kappa shape index (κ3) is 14.3. The van der Waals surface area contributed by atoms with E-state index in [1.54, 1.807) is 30.8 Å². The monoisotopic (exact) mass is 893 g/mol. The van der Waals surface area contributed by atoms with Gasteiger partial charge in [0.2, 0.25) is 11.8 Å². The van der Waals surface area contributed by atoms with Gasteiger partial charge in [0.1, 0.15) is 12.4 Å². The first-order chi connectivity index (χ1) is 30.3. The van der Waals surface area contributed by atoms with E-state index in [2.05, 4.69) is 5.32 Å². The molecule has 2 N–H and O–H groups in total. The highest BCUT2D eigenvalue weighted by atomic mass is 16.6. The molecule has 64 heavy (non-hydrogen) atoms. The number of nitrogens with one attached hydrogen (secondary N) is 1. The van der Waals surface area contributed by atoms with E-state index >= 15 is 0 Å². The van der Waals surface area contributed by atoms with Crippen LogP contribution in [-0.2, 0) is 51.2 Å². The average molecular weight is 893 g/mol. The summed E-state index contributed by atoms with van der Waals surface area (Å²) in [6.45, 7) is 13.8. The summed E-state index contributed by atoms with van der Waals surface area (Å²) < 4.78 is 17.6. The number of nitrogens with zero attached hydrogens (tertiary/aromatic N) is 3. The van der Waals surface area contributed by atoms with Gasteiger partial charge in [-0.2, -0.15) is 0 Å². The summed E-state index contributed by atoms with van der Waals surface area (Å²) in [5.41, 5.74) is 2.57. The van der Waals surface area contributed by atoms with Gasteiger partial charge in [-0.25, -0.2) is 4.79 Å². The van der Waals surface area contributed by atoms with Gasteiger partial charge in [-0.3, -0.25) is 24.0 Å². The molecule has 0 spiro atoms. The minimum atomic E-state index is -1.04. The Balaban J connectivity index is 1.76. The number of anilines is 1. The Hall–Kier alpha value is -4.82. The van der Waals surface area contributed by atoms with E-state index in [1.807, 2.05) is 103 Å². The van der Waals surface area contributed by atoms with Gasteiger partial charge < -0.3 is 39.3 Å². The molecule has 1 aliphatic rings. The average Bonchev–Trinajstić information content (AvgIpc) is 3.76. The topological polar surface area (TPSA) is 172 Å². The number of likely N-dealkylation sites (tertiary alicyclic amines) is 1. The van der Waals surface area contributed by atoms with Crippen LogP contribution in [0.15, 0.2) is 54.6 Å². The van der Waals surface area contributed by atoms with E-state index in [0.717, 1.165) is 16.8 Å². The van der Waals surface area contributed by atoms with Crippen LogP contribution in [0.5, 0.6) is 0 Å². The zero-order valence-electron chi connectivity index (χ0n) is 40.4. The van der Waals surface area contributed by atoms with Gasteiger partial charge in [0.15, 0.2) is 5.78 Å². The van der Waals surface area contributed by atoms with E-state index in [1.165, 1.54) is 19.1 Å². The molecule has 0 saturated carbocycles. The molecule has 0 bridgehead atoms. The van der Waals surface area contributed by atoms with E-state index in [0.29, 0.717) is 25.8 Å². The maximum absolute atomic E-state index is 14.6. The van der Waals surface area contributed by atoms with Gasteiger partial charge in [0.25, 0.3) is 0 Å². The number of carbonyl (C=O) groups is 6. The number of carbonyl (C=O) groups excluding carboxylic acids is 5. The van der Waals surface area contributed by atoms with Crippen molar-refractivity contribution in [2.75, 3.05) is 47.2 Å². The van der Waals surface area contributed by atoms with E-state index in [-0.39, 0.29) is 73.4 Å². The number of hydrogen-bond donors (Lipinski definition) is 2. The zero-order valence-corrected chi connectivity index (χ0v) is 40.4. The first kappa shape index (κ1) is 53.5. The van der Waals surface area contributed by atoms with Crippen LogP contribution in [0.1, 0.15) is 98.1 Å². The number of ether oxygens (including phenoxy) is 3. The van der Waals surface area contributed by atoms with Gasteiger partial charge >= 0.3 is 12.1 Å². The second kappa shape index (κ2) is 25.6. The lowest BCUT2D eigenvalue weighted by Gasteiger charge is -2.41. The summed E-state index contributed by atoms with van der Waals surface area (Å²) in [6, 6.07) is 14.9. The molecule has 2 aromatic rings. The first-order valence-electron chi connectivity index (χ1n) is 22.9. The van der Waals surface area contributed by atoms with Crippen LogP contribution in [0.3, 0.4) is 0 Å². The molecule has 1 saturated heterocycles.